The minimum atomic E-state index is -0.676. The lowest BCUT2D eigenvalue weighted by atomic mass is 10.0. The van der Waals surface area contributed by atoms with Crippen molar-refractivity contribution in [3.63, 3.8) is 0 Å². The number of aliphatic hydroxyl groups is 2. The van der Waals surface area contributed by atoms with E-state index in [0.29, 0.717) is 6.42 Å². The number of unbranched alkanes of at least 4 members (excludes halogenated alkanes) is 11. The van der Waals surface area contributed by atoms with Crippen LogP contribution < -0.4 is 0 Å². The van der Waals surface area contributed by atoms with Crippen LogP contribution in [0.5, 0.6) is 0 Å². The molecule has 0 aliphatic carbocycles. The Morgan fingerprint density at radius 3 is 1.42 bits per heavy atom. The first-order chi connectivity index (χ1) is 12.6. The molecule has 0 aromatic carbocycles. The van der Waals surface area contributed by atoms with E-state index in [1.165, 1.54) is 57.8 Å². The Kier molecular flexibility index (Phi) is 18.7. The quantitative estimate of drug-likeness (QED) is 0.235. The van der Waals surface area contributed by atoms with Crippen molar-refractivity contribution in [2.75, 3.05) is 0 Å². The molecule has 0 saturated heterocycles. The first-order valence-corrected chi connectivity index (χ1v) is 11.1. The lowest BCUT2D eigenvalue weighted by molar-refractivity contribution is -0.137. The summed E-state index contributed by atoms with van der Waals surface area (Å²) in [5.74, 6) is -0.676. The summed E-state index contributed by atoms with van der Waals surface area (Å²) in [7, 11) is 0. The first kappa shape index (κ1) is 25.4. The number of carboxylic acids is 1. The predicted octanol–water partition coefficient (Wildman–Crippen LogP) is 5.83. The van der Waals surface area contributed by atoms with Gasteiger partial charge in [0.2, 0.25) is 0 Å². The Labute approximate surface area is 161 Å². The molecule has 0 aromatic heterocycles. The van der Waals surface area contributed by atoms with E-state index < -0.39 is 5.97 Å². The fourth-order valence-corrected chi connectivity index (χ4v) is 3.43. The van der Waals surface area contributed by atoms with Gasteiger partial charge in [-0.25, -0.2) is 0 Å². The first-order valence-electron chi connectivity index (χ1n) is 11.1. The summed E-state index contributed by atoms with van der Waals surface area (Å²) in [5.41, 5.74) is 0. The van der Waals surface area contributed by atoms with Crippen LogP contribution in [0.2, 0.25) is 0 Å². The van der Waals surface area contributed by atoms with Crippen molar-refractivity contribution >= 4 is 5.97 Å². The van der Waals surface area contributed by atoms with Crippen LogP contribution in [0.3, 0.4) is 0 Å². The molecule has 26 heavy (non-hydrogen) atoms. The van der Waals surface area contributed by atoms with Crippen molar-refractivity contribution < 1.29 is 20.1 Å². The smallest absolute Gasteiger partial charge is 0.303 e. The Morgan fingerprint density at radius 1 is 0.615 bits per heavy atom. The van der Waals surface area contributed by atoms with Crippen molar-refractivity contribution in [3.8, 4) is 0 Å². The molecule has 0 rings (SSSR count). The summed E-state index contributed by atoms with van der Waals surface area (Å²) < 4.78 is 0. The fraction of sp³-hybridized carbons (Fsp3) is 0.955. The molecule has 2 unspecified atom stereocenters. The second-order valence-electron chi connectivity index (χ2n) is 7.85. The molecule has 0 fully saturated rings. The molecule has 3 N–H and O–H groups in total. The highest BCUT2D eigenvalue weighted by atomic mass is 16.4. The predicted molar refractivity (Wildman–Crippen MR) is 108 cm³/mol. The van der Waals surface area contributed by atoms with Crippen LogP contribution in [-0.2, 0) is 4.79 Å². The van der Waals surface area contributed by atoms with E-state index in [-0.39, 0.29) is 12.2 Å². The van der Waals surface area contributed by atoms with Gasteiger partial charge in [0.15, 0.2) is 0 Å². The third-order valence-corrected chi connectivity index (χ3v) is 5.13. The Morgan fingerprint density at radius 2 is 1.00 bits per heavy atom. The Balaban J connectivity index is 3.18. The zero-order valence-corrected chi connectivity index (χ0v) is 17.1. The van der Waals surface area contributed by atoms with Gasteiger partial charge in [-0.3, -0.25) is 4.79 Å². The molecule has 156 valence electrons. The number of hydrogen-bond acceptors (Lipinski definition) is 3. The molecule has 0 radical (unpaired) electrons. The molecule has 0 spiro atoms. The number of carboxylic acid groups (broad SMARTS) is 1. The maximum Gasteiger partial charge on any atom is 0.303 e. The molecule has 2 atom stereocenters. The maximum absolute atomic E-state index is 10.4. The number of aliphatic carboxylic acids is 1. The second kappa shape index (κ2) is 19.2. The van der Waals surface area contributed by atoms with Crippen LogP contribution in [-0.4, -0.2) is 33.5 Å². The monoisotopic (exact) mass is 372 g/mol. The zero-order valence-electron chi connectivity index (χ0n) is 17.1. The SMILES string of the molecule is CCCC(O)CCC(O)CCCCCCCCCCCCCCC(=O)O. The van der Waals surface area contributed by atoms with Gasteiger partial charge in [-0.1, -0.05) is 84.0 Å². The van der Waals surface area contributed by atoms with E-state index in [1.54, 1.807) is 0 Å². The van der Waals surface area contributed by atoms with E-state index in [4.69, 9.17) is 5.11 Å². The van der Waals surface area contributed by atoms with Crippen LogP contribution in [0, 0.1) is 0 Å². The molecule has 4 heteroatoms. The standard InChI is InChI=1S/C22H44O4/c1-2-15-20(23)18-19-21(24)16-13-11-9-7-5-3-4-6-8-10-12-14-17-22(25)26/h20-21,23-24H,2-19H2,1H3,(H,25,26). The molecular formula is C22H44O4. The normalized spacial score (nSPS) is 13.7. The zero-order chi connectivity index (χ0) is 19.5. The molecule has 0 saturated carbocycles. The van der Waals surface area contributed by atoms with Crippen LogP contribution in [0.4, 0.5) is 0 Å². The van der Waals surface area contributed by atoms with Gasteiger partial charge < -0.3 is 15.3 Å². The van der Waals surface area contributed by atoms with Gasteiger partial charge in [-0.05, 0) is 32.1 Å². The second-order valence-corrected chi connectivity index (χ2v) is 7.85. The molecule has 0 aliphatic rings. The third-order valence-electron chi connectivity index (χ3n) is 5.13. The largest absolute Gasteiger partial charge is 0.481 e. The highest BCUT2D eigenvalue weighted by molar-refractivity contribution is 5.66. The van der Waals surface area contributed by atoms with Gasteiger partial charge in [-0.2, -0.15) is 0 Å². The molecular weight excluding hydrogens is 328 g/mol. The van der Waals surface area contributed by atoms with Crippen LogP contribution in [0.25, 0.3) is 0 Å². The van der Waals surface area contributed by atoms with Crippen molar-refractivity contribution in [3.05, 3.63) is 0 Å². The fourth-order valence-electron chi connectivity index (χ4n) is 3.43. The molecule has 0 aliphatic heterocycles. The lowest BCUT2D eigenvalue weighted by Crippen LogP contribution is -2.13. The van der Waals surface area contributed by atoms with Crippen molar-refractivity contribution in [2.24, 2.45) is 0 Å². The van der Waals surface area contributed by atoms with Crippen LogP contribution in [0.15, 0.2) is 0 Å². The van der Waals surface area contributed by atoms with Crippen LogP contribution in [0.1, 0.15) is 122 Å². The number of hydrogen-bond donors (Lipinski definition) is 3. The van der Waals surface area contributed by atoms with E-state index in [9.17, 15) is 15.0 Å². The topological polar surface area (TPSA) is 77.8 Å². The highest BCUT2D eigenvalue weighted by Crippen LogP contribution is 2.15. The van der Waals surface area contributed by atoms with E-state index >= 15 is 0 Å². The molecule has 0 amide bonds. The molecule has 0 bridgehead atoms. The van der Waals surface area contributed by atoms with E-state index in [0.717, 1.165) is 51.4 Å². The van der Waals surface area contributed by atoms with E-state index in [2.05, 4.69) is 6.92 Å². The summed E-state index contributed by atoms with van der Waals surface area (Å²) in [5, 5.41) is 28.2. The van der Waals surface area contributed by atoms with Gasteiger partial charge >= 0.3 is 5.97 Å². The Bertz CT molecular complexity index is 307. The highest BCUT2D eigenvalue weighted by Gasteiger charge is 2.08. The Hall–Kier alpha value is -0.610. The lowest BCUT2D eigenvalue weighted by Gasteiger charge is -2.13. The van der Waals surface area contributed by atoms with Crippen molar-refractivity contribution in [2.45, 2.75) is 135 Å². The summed E-state index contributed by atoms with van der Waals surface area (Å²) in [6.45, 7) is 2.07. The minimum Gasteiger partial charge on any atom is -0.481 e. The van der Waals surface area contributed by atoms with Crippen LogP contribution >= 0.6 is 0 Å². The van der Waals surface area contributed by atoms with Gasteiger partial charge in [0, 0.05) is 6.42 Å². The third kappa shape index (κ3) is 19.7. The number of rotatable bonds is 20. The van der Waals surface area contributed by atoms with E-state index in [1.807, 2.05) is 0 Å². The van der Waals surface area contributed by atoms with Crippen molar-refractivity contribution in [1.82, 2.24) is 0 Å². The average Bonchev–Trinajstić information content (AvgIpc) is 2.60. The average molecular weight is 373 g/mol. The minimum absolute atomic E-state index is 0.237. The summed E-state index contributed by atoms with van der Waals surface area (Å²) >= 11 is 0. The summed E-state index contributed by atoms with van der Waals surface area (Å²) in [4.78, 5) is 10.4. The molecule has 0 aromatic rings. The van der Waals surface area contributed by atoms with Gasteiger partial charge in [0.05, 0.1) is 12.2 Å². The molecule has 4 nitrogen and oxygen atoms in total. The van der Waals surface area contributed by atoms with Crippen molar-refractivity contribution in [1.29, 1.82) is 0 Å². The van der Waals surface area contributed by atoms with Gasteiger partial charge in [-0.15, -0.1) is 0 Å². The summed E-state index contributed by atoms with van der Waals surface area (Å²) in [6.07, 6.45) is 18.4. The number of carbonyl (C=O) groups is 1. The number of aliphatic hydroxyl groups excluding tert-OH is 2. The summed E-state index contributed by atoms with van der Waals surface area (Å²) in [6, 6.07) is 0. The van der Waals surface area contributed by atoms with Gasteiger partial charge in [0.25, 0.3) is 0 Å². The van der Waals surface area contributed by atoms with Gasteiger partial charge in [0.1, 0.15) is 0 Å². The molecule has 0 heterocycles. The maximum atomic E-state index is 10.4.